The highest BCUT2D eigenvalue weighted by Crippen LogP contribution is 2.38. The van der Waals surface area contributed by atoms with Gasteiger partial charge < -0.3 is 19.8 Å². The van der Waals surface area contributed by atoms with Gasteiger partial charge in [0.2, 0.25) is 5.91 Å². The van der Waals surface area contributed by atoms with Gasteiger partial charge in [-0.15, -0.1) is 0 Å². The largest absolute Gasteiger partial charge is 0.772 e. The molecule has 3 amide bonds. The molecule has 2 aromatic carbocycles. The molecule has 170 valence electrons. The lowest BCUT2D eigenvalue weighted by molar-refractivity contribution is -0.117. The van der Waals surface area contributed by atoms with E-state index in [1.54, 1.807) is 37.3 Å². The Hall–Kier alpha value is -3.24. The fraction of sp³-hybridized carbons (Fsp3) is 0.318. The van der Waals surface area contributed by atoms with E-state index in [1.165, 1.54) is 13.2 Å². The summed E-state index contributed by atoms with van der Waals surface area (Å²) in [5.41, 5.74) is 6.43. The number of rotatable bonds is 10. The Morgan fingerprint density at radius 1 is 1.19 bits per heavy atom. The van der Waals surface area contributed by atoms with Crippen LogP contribution in [-0.4, -0.2) is 50.9 Å². The van der Waals surface area contributed by atoms with Gasteiger partial charge in [0.05, 0.1) is 37.3 Å². The third kappa shape index (κ3) is 4.66. The first-order valence-corrected chi connectivity index (χ1v) is 11.2. The minimum atomic E-state index is -2.38. The lowest BCUT2D eigenvalue weighted by Gasteiger charge is -2.28. The van der Waals surface area contributed by atoms with Crippen molar-refractivity contribution in [1.29, 1.82) is 0 Å². The van der Waals surface area contributed by atoms with Gasteiger partial charge in [0, 0.05) is 5.75 Å². The maximum Gasteiger partial charge on any atom is 0.262 e. The van der Waals surface area contributed by atoms with Crippen molar-refractivity contribution in [3.05, 3.63) is 58.7 Å². The van der Waals surface area contributed by atoms with Crippen LogP contribution in [0.25, 0.3) is 0 Å². The van der Waals surface area contributed by atoms with Crippen molar-refractivity contribution in [2.45, 2.75) is 25.8 Å². The van der Waals surface area contributed by atoms with Crippen LogP contribution in [0.4, 0.5) is 0 Å². The summed E-state index contributed by atoms with van der Waals surface area (Å²) in [7, 11) is 1.49. The Balaban J connectivity index is 2.08. The second-order valence-corrected chi connectivity index (χ2v) is 8.13. The first kappa shape index (κ1) is 23.4. The number of fused-ring (bicyclic) bond motifs is 1. The molecule has 0 spiro atoms. The van der Waals surface area contributed by atoms with E-state index in [2.05, 4.69) is 0 Å². The van der Waals surface area contributed by atoms with Crippen molar-refractivity contribution in [1.82, 2.24) is 4.90 Å². The van der Waals surface area contributed by atoms with Crippen LogP contribution in [0.1, 0.15) is 51.2 Å². The predicted octanol–water partition coefficient (Wildman–Crippen LogP) is 1.73. The monoisotopic (exact) mass is 459 g/mol. The number of imide groups is 1. The molecule has 0 radical (unpaired) electrons. The van der Waals surface area contributed by atoms with Gasteiger partial charge in [-0.1, -0.05) is 29.3 Å². The van der Waals surface area contributed by atoms with Gasteiger partial charge in [0.15, 0.2) is 11.5 Å². The molecule has 0 saturated carbocycles. The van der Waals surface area contributed by atoms with Crippen molar-refractivity contribution >= 4 is 28.8 Å². The molecular weight excluding hydrogens is 436 g/mol. The van der Waals surface area contributed by atoms with E-state index in [1.807, 2.05) is 0 Å². The van der Waals surface area contributed by atoms with Crippen LogP contribution >= 0.6 is 0 Å². The van der Waals surface area contributed by atoms with Gasteiger partial charge in [-0.05, 0) is 42.7 Å². The topological polar surface area (TPSA) is 139 Å². The molecule has 9 nitrogen and oxygen atoms in total. The molecule has 2 unspecified atom stereocenters. The summed E-state index contributed by atoms with van der Waals surface area (Å²) in [6.45, 7) is 2.16. The Morgan fingerprint density at radius 2 is 1.94 bits per heavy atom. The number of ether oxygens (including phenoxy) is 2. The van der Waals surface area contributed by atoms with Crippen LogP contribution in [0.15, 0.2) is 36.4 Å². The Labute approximate surface area is 187 Å². The lowest BCUT2D eigenvalue weighted by Crippen LogP contribution is -2.35. The number of amides is 3. The zero-order valence-corrected chi connectivity index (χ0v) is 18.5. The van der Waals surface area contributed by atoms with Crippen molar-refractivity contribution in [3.8, 4) is 11.5 Å². The average molecular weight is 460 g/mol. The molecule has 3 rings (SSSR count). The van der Waals surface area contributed by atoms with E-state index in [4.69, 9.17) is 15.2 Å². The molecule has 2 atom stereocenters. The zero-order chi connectivity index (χ0) is 23.4. The van der Waals surface area contributed by atoms with E-state index in [0.717, 1.165) is 4.90 Å². The van der Waals surface area contributed by atoms with Crippen molar-refractivity contribution < 1.29 is 32.6 Å². The normalized spacial score (nSPS) is 14.8. The summed E-state index contributed by atoms with van der Waals surface area (Å²) < 4.78 is 33.5. The number of methoxy groups -OCH3 is 1. The first-order chi connectivity index (χ1) is 15.3. The van der Waals surface area contributed by atoms with Crippen molar-refractivity contribution in [2.24, 2.45) is 5.73 Å². The molecule has 0 bridgehead atoms. The summed E-state index contributed by atoms with van der Waals surface area (Å²) in [6, 6.07) is 8.71. The summed E-state index contributed by atoms with van der Waals surface area (Å²) in [5.74, 6) is -1.18. The highest BCUT2D eigenvalue weighted by atomic mass is 32.2. The molecule has 1 heterocycles. The predicted molar refractivity (Wildman–Crippen MR) is 115 cm³/mol. The highest BCUT2D eigenvalue weighted by Gasteiger charge is 2.42. The second kappa shape index (κ2) is 9.92. The molecule has 0 saturated heterocycles. The van der Waals surface area contributed by atoms with Gasteiger partial charge >= 0.3 is 0 Å². The maximum absolute atomic E-state index is 13.3. The van der Waals surface area contributed by atoms with Crippen LogP contribution < -0.4 is 15.2 Å². The molecule has 2 aromatic rings. The minimum absolute atomic E-state index is 0.00930. The number of primary amides is 1. The standard InChI is InChI=1S/C22H24N2O7S/c1-3-31-18-11-13(7-8-17(18)30-2)16(9-10-32(28)29)24-21(26)15-6-4-5-14(12-19(23)25)20(15)22(24)27/h4-8,11,16H,3,9-10,12H2,1-2H3,(H2,23,25)(H,28,29)/p-1. The molecule has 0 aromatic heterocycles. The Kier molecular flexibility index (Phi) is 7.26. The zero-order valence-electron chi connectivity index (χ0n) is 17.7. The van der Waals surface area contributed by atoms with Crippen molar-refractivity contribution in [3.63, 3.8) is 0 Å². The summed E-state index contributed by atoms with van der Waals surface area (Å²) in [4.78, 5) is 39.1. The number of hydrogen-bond acceptors (Lipinski definition) is 7. The third-order valence-electron chi connectivity index (χ3n) is 5.14. The second-order valence-electron chi connectivity index (χ2n) is 7.12. The molecule has 2 N–H and O–H groups in total. The van der Waals surface area contributed by atoms with E-state index in [-0.39, 0.29) is 29.7 Å². The molecule has 0 fully saturated rings. The van der Waals surface area contributed by atoms with E-state index < -0.39 is 34.8 Å². The number of nitrogens with zero attached hydrogens (tertiary/aromatic N) is 1. The van der Waals surface area contributed by atoms with E-state index >= 15 is 0 Å². The molecule has 1 aliphatic rings. The van der Waals surface area contributed by atoms with Crippen LogP contribution in [0.3, 0.4) is 0 Å². The summed E-state index contributed by atoms with van der Waals surface area (Å²) in [5, 5.41) is 0. The van der Waals surface area contributed by atoms with Gasteiger partial charge in [0.1, 0.15) is 0 Å². The average Bonchev–Trinajstić information content (AvgIpc) is 3.00. The van der Waals surface area contributed by atoms with Gasteiger partial charge in [-0.2, -0.15) is 0 Å². The molecule has 0 aliphatic carbocycles. The quantitative estimate of drug-likeness (QED) is 0.421. The molecule has 32 heavy (non-hydrogen) atoms. The summed E-state index contributed by atoms with van der Waals surface area (Å²) in [6.07, 6.45) is -0.201. The smallest absolute Gasteiger partial charge is 0.262 e. The number of hydrogen-bond donors (Lipinski definition) is 1. The van der Waals surface area contributed by atoms with E-state index in [9.17, 15) is 23.1 Å². The maximum atomic E-state index is 13.3. The van der Waals surface area contributed by atoms with Crippen molar-refractivity contribution in [2.75, 3.05) is 19.5 Å². The molecular formula is C22H23N2O7S-. The van der Waals surface area contributed by atoms with Crippen LogP contribution in [0.2, 0.25) is 0 Å². The first-order valence-electron chi connectivity index (χ1n) is 9.93. The summed E-state index contributed by atoms with van der Waals surface area (Å²) >= 11 is -2.38. The number of nitrogens with two attached hydrogens (primary N) is 1. The van der Waals surface area contributed by atoms with Crippen LogP contribution in [-0.2, 0) is 22.3 Å². The fourth-order valence-electron chi connectivity index (χ4n) is 3.81. The van der Waals surface area contributed by atoms with E-state index in [0.29, 0.717) is 29.2 Å². The van der Waals surface area contributed by atoms with Gasteiger partial charge in [-0.25, -0.2) is 0 Å². The van der Waals surface area contributed by atoms with Crippen LogP contribution in [0, 0.1) is 0 Å². The Morgan fingerprint density at radius 3 is 2.56 bits per heavy atom. The number of carbonyl (C=O) groups is 3. The fourth-order valence-corrected chi connectivity index (χ4v) is 4.23. The SMILES string of the molecule is CCOc1cc(C(CCS(=O)[O-])N2C(=O)c3cccc(CC(N)=O)c3C2=O)ccc1OC. The highest BCUT2D eigenvalue weighted by molar-refractivity contribution is 7.79. The number of carbonyl (C=O) groups excluding carboxylic acids is 3. The third-order valence-corrected chi connectivity index (χ3v) is 5.71. The van der Waals surface area contributed by atoms with Gasteiger partial charge in [0.25, 0.3) is 11.8 Å². The molecule has 10 heteroatoms. The number of benzene rings is 2. The minimum Gasteiger partial charge on any atom is -0.772 e. The van der Waals surface area contributed by atoms with Gasteiger partial charge in [-0.3, -0.25) is 23.5 Å². The van der Waals surface area contributed by atoms with Crippen LogP contribution in [0.5, 0.6) is 11.5 Å². The molecule has 1 aliphatic heterocycles. The Bertz CT molecular complexity index is 1090. The lowest BCUT2D eigenvalue weighted by atomic mass is 10.00.